The Hall–Kier alpha value is -2.05. The van der Waals surface area contributed by atoms with E-state index >= 15 is 0 Å². The number of carbonyl (C=O) groups excluding carboxylic acids is 1. The highest BCUT2D eigenvalue weighted by atomic mass is 35.5. The highest BCUT2D eigenvalue weighted by molar-refractivity contribution is 7.92. The van der Waals surface area contributed by atoms with E-state index in [1.165, 1.54) is 4.31 Å². The average molecular weight is 395 g/mol. The molecule has 0 aliphatic rings. The van der Waals surface area contributed by atoms with E-state index in [-0.39, 0.29) is 18.9 Å². The minimum absolute atomic E-state index is 0.0626. The summed E-state index contributed by atoms with van der Waals surface area (Å²) in [5.41, 5.74) is 2.50. The number of nitrogens with one attached hydrogen (secondary N) is 1. The molecular weight excluding hydrogens is 372 g/mol. The third-order valence-electron chi connectivity index (χ3n) is 4.01. The number of rotatable bonds is 8. The van der Waals surface area contributed by atoms with Gasteiger partial charge in [0.15, 0.2) is 0 Å². The third-order valence-corrected chi connectivity index (χ3v) is 5.57. The van der Waals surface area contributed by atoms with Crippen LogP contribution in [0.5, 0.6) is 0 Å². The van der Waals surface area contributed by atoms with Gasteiger partial charge < -0.3 is 5.32 Å². The fourth-order valence-electron chi connectivity index (χ4n) is 2.51. The van der Waals surface area contributed by atoms with Crippen LogP contribution in [0.3, 0.4) is 0 Å². The number of anilines is 1. The van der Waals surface area contributed by atoms with E-state index in [0.29, 0.717) is 17.3 Å². The molecule has 1 amide bonds. The van der Waals surface area contributed by atoms with Gasteiger partial charge in [-0.2, -0.15) is 0 Å². The van der Waals surface area contributed by atoms with Crippen LogP contribution >= 0.6 is 11.6 Å². The van der Waals surface area contributed by atoms with Crippen molar-refractivity contribution in [1.82, 2.24) is 5.32 Å². The number of hydrogen-bond donors (Lipinski definition) is 1. The van der Waals surface area contributed by atoms with Crippen molar-refractivity contribution in [2.75, 3.05) is 17.1 Å². The van der Waals surface area contributed by atoms with E-state index in [4.69, 9.17) is 11.6 Å². The van der Waals surface area contributed by atoms with Gasteiger partial charge in [-0.15, -0.1) is 0 Å². The summed E-state index contributed by atoms with van der Waals surface area (Å²) in [5.74, 6) is -0.233. The predicted octanol–water partition coefficient (Wildman–Crippen LogP) is 3.37. The lowest BCUT2D eigenvalue weighted by molar-refractivity contribution is -0.121. The lowest BCUT2D eigenvalue weighted by Crippen LogP contribution is -2.34. The summed E-state index contributed by atoms with van der Waals surface area (Å²) in [5, 5.41) is 3.36. The Labute approximate surface area is 160 Å². The molecule has 2 rings (SSSR count). The molecule has 0 aliphatic carbocycles. The van der Waals surface area contributed by atoms with E-state index in [9.17, 15) is 13.2 Å². The van der Waals surface area contributed by atoms with Crippen LogP contribution in [0, 0.1) is 0 Å². The zero-order valence-electron chi connectivity index (χ0n) is 14.9. The molecule has 0 heterocycles. The molecule has 5 nitrogen and oxygen atoms in total. The fourth-order valence-corrected chi connectivity index (χ4v) is 3.64. The summed E-state index contributed by atoms with van der Waals surface area (Å²) in [6.45, 7) is 2.42. The van der Waals surface area contributed by atoms with E-state index in [1.807, 2.05) is 37.3 Å². The van der Waals surface area contributed by atoms with Crippen molar-refractivity contribution in [3.05, 3.63) is 64.7 Å². The first kappa shape index (κ1) is 20.3. The topological polar surface area (TPSA) is 66.5 Å². The SMILES string of the molecule is CCc1ccc(N(CCC(=O)NCc2ccccc2Cl)S(C)(=O)=O)cc1. The van der Waals surface area contributed by atoms with Gasteiger partial charge in [-0.3, -0.25) is 9.10 Å². The monoisotopic (exact) mass is 394 g/mol. The number of amides is 1. The van der Waals surface area contributed by atoms with Crippen molar-refractivity contribution in [3.63, 3.8) is 0 Å². The molecule has 1 N–H and O–H groups in total. The minimum Gasteiger partial charge on any atom is -0.352 e. The van der Waals surface area contributed by atoms with Crippen molar-refractivity contribution in [2.24, 2.45) is 0 Å². The molecule has 0 saturated carbocycles. The summed E-state index contributed by atoms with van der Waals surface area (Å²) in [6.07, 6.45) is 2.08. The molecule has 0 fully saturated rings. The van der Waals surface area contributed by atoms with Gasteiger partial charge in [-0.1, -0.05) is 48.9 Å². The van der Waals surface area contributed by atoms with Crippen LogP contribution in [0.15, 0.2) is 48.5 Å². The van der Waals surface area contributed by atoms with Gasteiger partial charge in [0.2, 0.25) is 15.9 Å². The first-order valence-corrected chi connectivity index (χ1v) is 10.6. The quantitative estimate of drug-likeness (QED) is 0.746. The van der Waals surface area contributed by atoms with Crippen molar-refractivity contribution >= 4 is 33.2 Å². The van der Waals surface area contributed by atoms with Crippen LogP contribution in [-0.2, 0) is 27.8 Å². The summed E-state index contributed by atoms with van der Waals surface area (Å²) in [4.78, 5) is 12.1. The largest absolute Gasteiger partial charge is 0.352 e. The first-order chi connectivity index (χ1) is 12.3. The normalized spacial score (nSPS) is 11.2. The molecule has 140 valence electrons. The zero-order chi connectivity index (χ0) is 19.2. The molecule has 26 heavy (non-hydrogen) atoms. The van der Waals surface area contributed by atoms with Crippen LogP contribution < -0.4 is 9.62 Å². The van der Waals surface area contributed by atoms with Crippen molar-refractivity contribution in [1.29, 1.82) is 0 Å². The lowest BCUT2D eigenvalue weighted by Gasteiger charge is -2.22. The zero-order valence-corrected chi connectivity index (χ0v) is 16.5. The van der Waals surface area contributed by atoms with Crippen LogP contribution in [0.4, 0.5) is 5.69 Å². The Morgan fingerprint density at radius 1 is 1.12 bits per heavy atom. The van der Waals surface area contributed by atoms with Gasteiger partial charge in [-0.25, -0.2) is 8.42 Å². The molecular formula is C19H23ClN2O3S. The number of hydrogen-bond acceptors (Lipinski definition) is 3. The summed E-state index contributed by atoms with van der Waals surface area (Å²) in [7, 11) is -3.47. The third kappa shape index (κ3) is 5.75. The number of nitrogens with zero attached hydrogens (tertiary/aromatic N) is 1. The molecule has 2 aromatic carbocycles. The van der Waals surface area contributed by atoms with E-state index < -0.39 is 10.0 Å². The molecule has 7 heteroatoms. The van der Waals surface area contributed by atoms with Gasteiger partial charge in [-0.05, 0) is 35.7 Å². The average Bonchev–Trinajstić information content (AvgIpc) is 2.60. The maximum atomic E-state index is 12.1. The Bertz CT molecular complexity index is 851. The van der Waals surface area contributed by atoms with E-state index in [0.717, 1.165) is 23.8 Å². The number of benzene rings is 2. The van der Waals surface area contributed by atoms with Crippen LogP contribution in [0.2, 0.25) is 5.02 Å². The van der Waals surface area contributed by atoms with Crippen LogP contribution in [0.1, 0.15) is 24.5 Å². The second-order valence-corrected chi connectivity index (χ2v) is 8.29. The van der Waals surface area contributed by atoms with Crippen LogP contribution in [-0.4, -0.2) is 27.1 Å². The Morgan fingerprint density at radius 3 is 2.35 bits per heavy atom. The molecule has 2 aromatic rings. The van der Waals surface area contributed by atoms with Gasteiger partial charge in [0.05, 0.1) is 11.9 Å². The fraction of sp³-hybridized carbons (Fsp3) is 0.316. The molecule has 0 radical (unpaired) electrons. The predicted molar refractivity (Wildman–Crippen MR) is 106 cm³/mol. The maximum Gasteiger partial charge on any atom is 0.232 e. The molecule has 0 aliphatic heterocycles. The van der Waals surface area contributed by atoms with Gasteiger partial charge in [0, 0.05) is 24.5 Å². The standard InChI is InChI=1S/C19H23ClN2O3S/c1-3-15-8-10-17(11-9-15)22(26(2,24)25)13-12-19(23)21-14-16-6-4-5-7-18(16)20/h4-11H,3,12-14H2,1-2H3,(H,21,23). The van der Waals surface area contributed by atoms with Crippen molar-refractivity contribution < 1.29 is 13.2 Å². The highest BCUT2D eigenvalue weighted by Crippen LogP contribution is 2.19. The Morgan fingerprint density at radius 2 is 1.77 bits per heavy atom. The molecule has 0 bridgehead atoms. The minimum atomic E-state index is -3.47. The highest BCUT2D eigenvalue weighted by Gasteiger charge is 2.18. The van der Waals surface area contributed by atoms with E-state index in [1.54, 1.807) is 18.2 Å². The van der Waals surface area contributed by atoms with Crippen LogP contribution in [0.25, 0.3) is 0 Å². The molecule has 0 unspecified atom stereocenters. The van der Waals surface area contributed by atoms with Gasteiger partial charge in [0.25, 0.3) is 0 Å². The summed E-state index contributed by atoms with van der Waals surface area (Å²) < 4.78 is 25.5. The smallest absolute Gasteiger partial charge is 0.232 e. The molecule has 0 saturated heterocycles. The number of aryl methyl sites for hydroxylation is 1. The van der Waals surface area contributed by atoms with Crippen molar-refractivity contribution in [2.45, 2.75) is 26.3 Å². The molecule has 0 spiro atoms. The Balaban J connectivity index is 1.98. The van der Waals surface area contributed by atoms with Gasteiger partial charge >= 0.3 is 0 Å². The number of halogens is 1. The molecule has 0 atom stereocenters. The van der Waals surface area contributed by atoms with Crippen molar-refractivity contribution in [3.8, 4) is 0 Å². The number of carbonyl (C=O) groups is 1. The number of sulfonamides is 1. The molecule has 0 aromatic heterocycles. The summed E-state index contributed by atoms with van der Waals surface area (Å²) >= 11 is 6.06. The Kier molecular flexibility index (Phi) is 7.06. The maximum absolute atomic E-state index is 12.1. The second-order valence-electron chi connectivity index (χ2n) is 5.97. The first-order valence-electron chi connectivity index (χ1n) is 8.38. The second kappa shape index (κ2) is 9.05. The lowest BCUT2D eigenvalue weighted by atomic mass is 10.1. The summed E-state index contributed by atoms with van der Waals surface area (Å²) in [6, 6.07) is 14.6. The van der Waals surface area contributed by atoms with Gasteiger partial charge in [0.1, 0.15) is 0 Å². The van der Waals surface area contributed by atoms with E-state index in [2.05, 4.69) is 5.32 Å².